The van der Waals surface area contributed by atoms with Crippen LogP contribution < -0.4 is 14.8 Å². The van der Waals surface area contributed by atoms with Crippen molar-refractivity contribution in [3.8, 4) is 11.5 Å². The van der Waals surface area contributed by atoms with E-state index in [1.54, 1.807) is 0 Å². The molecule has 0 radical (unpaired) electrons. The lowest BCUT2D eigenvalue weighted by Gasteiger charge is -2.56. The van der Waals surface area contributed by atoms with Gasteiger partial charge in [0.05, 0.1) is 13.2 Å². The van der Waals surface area contributed by atoms with Crippen LogP contribution in [0.25, 0.3) is 0 Å². The molecule has 27 heavy (non-hydrogen) atoms. The first kappa shape index (κ1) is 18.6. The van der Waals surface area contributed by atoms with Crippen molar-refractivity contribution >= 4 is 5.91 Å². The number of amides is 1. The SMILES string of the molecule is CCOc1ccc(OCCCC(=O)NCC23CC4CC(CC(C4)C2)C3)cc1. The number of ether oxygens (including phenoxy) is 2. The Morgan fingerprint density at radius 1 is 1.00 bits per heavy atom. The Kier molecular flexibility index (Phi) is 5.60. The zero-order valence-electron chi connectivity index (χ0n) is 16.5. The molecule has 0 unspecified atom stereocenters. The minimum absolute atomic E-state index is 0.182. The van der Waals surface area contributed by atoms with Crippen molar-refractivity contribution in [1.29, 1.82) is 0 Å². The van der Waals surface area contributed by atoms with Gasteiger partial charge in [-0.2, -0.15) is 0 Å². The molecular weight excluding hydrogens is 338 g/mol. The molecule has 148 valence electrons. The maximum Gasteiger partial charge on any atom is 0.220 e. The Balaban J connectivity index is 1.14. The number of rotatable bonds is 9. The van der Waals surface area contributed by atoms with E-state index in [2.05, 4.69) is 5.32 Å². The molecule has 0 aliphatic heterocycles. The molecule has 1 N–H and O–H groups in total. The van der Waals surface area contributed by atoms with E-state index >= 15 is 0 Å². The van der Waals surface area contributed by atoms with Crippen LogP contribution in [0.15, 0.2) is 24.3 Å². The molecule has 1 amide bonds. The summed E-state index contributed by atoms with van der Waals surface area (Å²) < 4.78 is 11.2. The highest BCUT2D eigenvalue weighted by molar-refractivity contribution is 5.75. The van der Waals surface area contributed by atoms with Crippen LogP contribution in [0.5, 0.6) is 11.5 Å². The Morgan fingerprint density at radius 2 is 1.56 bits per heavy atom. The van der Waals surface area contributed by atoms with Gasteiger partial charge in [-0.15, -0.1) is 0 Å². The lowest BCUT2D eigenvalue weighted by atomic mass is 9.49. The molecule has 4 heteroatoms. The molecule has 4 saturated carbocycles. The van der Waals surface area contributed by atoms with Gasteiger partial charge in [0.25, 0.3) is 0 Å². The Morgan fingerprint density at radius 3 is 2.11 bits per heavy atom. The third-order valence-electron chi connectivity index (χ3n) is 6.78. The number of carbonyl (C=O) groups is 1. The first-order valence-corrected chi connectivity index (χ1v) is 10.8. The van der Waals surface area contributed by atoms with E-state index in [-0.39, 0.29) is 5.91 Å². The molecule has 4 nitrogen and oxygen atoms in total. The Labute approximate surface area is 163 Å². The van der Waals surface area contributed by atoms with E-state index in [0.29, 0.717) is 25.0 Å². The van der Waals surface area contributed by atoms with Crippen molar-refractivity contribution in [3.63, 3.8) is 0 Å². The summed E-state index contributed by atoms with van der Waals surface area (Å²) in [6, 6.07) is 7.66. The Hall–Kier alpha value is -1.71. The molecule has 5 rings (SSSR count). The van der Waals surface area contributed by atoms with Crippen molar-refractivity contribution < 1.29 is 14.3 Å². The van der Waals surface area contributed by atoms with E-state index in [9.17, 15) is 4.79 Å². The number of nitrogens with one attached hydrogen (secondary N) is 1. The van der Waals surface area contributed by atoms with Gasteiger partial charge in [0.15, 0.2) is 0 Å². The summed E-state index contributed by atoms with van der Waals surface area (Å²) in [5.41, 5.74) is 0.420. The molecule has 0 heterocycles. The first-order chi connectivity index (χ1) is 13.1. The maximum absolute atomic E-state index is 12.3. The maximum atomic E-state index is 12.3. The summed E-state index contributed by atoms with van der Waals surface area (Å²) in [6.45, 7) is 4.10. The lowest BCUT2D eigenvalue weighted by molar-refractivity contribution is -0.123. The van der Waals surface area contributed by atoms with Crippen molar-refractivity contribution in [2.75, 3.05) is 19.8 Å². The van der Waals surface area contributed by atoms with Gasteiger partial charge in [0, 0.05) is 13.0 Å². The van der Waals surface area contributed by atoms with Crippen LogP contribution in [0, 0.1) is 23.2 Å². The van der Waals surface area contributed by atoms with Gasteiger partial charge in [0.1, 0.15) is 11.5 Å². The van der Waals surface area contributed by atoms with E-state index in [1.807, 2.05) is 31.2 Å². The fourth-order valence-corrected chi connectivity index (χ4v) is 6.10. The third-order valence-corrected chi connectivity index (χ3v) is 6.78. The summed E-state index contributed by atoms with van der Waals surface area (Å²) in [4.78, 5) is 12.3. The van der Waals surface area contributed by atoms with Gasteiger partial charge < -0.3 is 14.8 Å². The lowest BCUT2D eigenvalue weighted by Crippen LogP contribution is -2.51. The van der Waals surface area contributed by atoms with Gasteiger partial charge in [0.2, 0.25) is 5.91 Å². The minimum Gasteiger partial charge on any atom is -0.494 e. The number of hydrogen-bond acceptors (Lipinski definition) is 3. The summed E-state index contributed by atoms with van der Waals surface area (Å²) in [5.74, 6) is 4.68. The summed E-state index contributed by atoms with van der Waals surface area (Å²) in [6.07, 6.45) is 9.70. The molecule has 1 aromatic carbocycles. The van der Waals surface area contributed by atoms with Crippen molar-refractivity contribution in [1.82, 2.24) is 5.32 Å². The number of carbonyl (C=O) groups excluding carboxylic acids is 1. The second kappa shape index (κ2) is 8.12. The molecule has 4 aliphatic carbocycles. The van der Waals surface area contributed by atoms with E-state index < -0.39 is 0 Å². The largest absolute Gasteiger partial charge is 0.494 e. The zero-order chi connectivity index (χ0) is 18.7. The summed E-state index contributed by atoms with van der Waals surface area (Å²) in [5, 5.41) is 3.25. The predicted octanol–water partition coefficient (Wildman–Crippen LogP) is 4.58. The molecule has 4 bridgehead atoms. The average Bonchev–Trinajstić information content (AvgIpc) is 2.64. The highest BCUT2D eigenvalue weighted by Gasteiger charge is 2.50. The van der Waals surface area contributed by atoms with Gasteiger partial charge in [-0.05, 0) is 99.3 Å². The molecule has 1 aromatic rings. The second-order valence-electron chi connectivity index (χ2n) is 9.05. The summed E-state index contributed by atoms with van der Waals surface area (Å²) >= 11 is 0. The van der Waals surface area contributed by atoms with Crippen LogP contribution in [0.4, 0.5) is 0 Å². The van der Waals surface area contributed by atoms with Gasteiger partial charge in [-0.25, -0.2) is 0 Å². The second-order valence-corrected chi connectivity index (χ2v) is 9.05. The van der Waals surface area contributed by atoms with E-state index in [1.165, 1.54) is 38.5 Å². The highest BCUT2D eigenvalue weighted by Crippen LogP contribution is 2.59. The molecule has 0 atom stereocenters. The van der Waals surface area contributed by atoms with Crippen LogP contribution in [0.2, 0.25) is 0 Å². The Bertz CT molecular complexity index is 604. The molecule has 4 aliphatic rings. The number of benzene rings is 1. The van der Waals surface area contributed by atoms with Crippen molar-refractivity contribution in [2.45, 2.75) is 58.3 Å². The van der Waals surface area contributed by atoms with E-state index in [0.717, 1.165) is 42.2 Å². The average molecular weight is 372 g/mol. The third kappa shape index (κ3) is 4.59. The molecule has 0 saturated heterocycles. The highest BCUT2D eigenvalue weighted by atomic mass is 16.5. The smallest absolute Gasteiger partial charge is 0.220 e. The van der Waals surface area contributed by atoms with E-state index in [4.69, 9.17) is 9.47 Å². The van der Waals surface area contributed by atoms with Crippen molar-refractivity contribution in [3.05, 3.63) is 24.3 Å². The molecule has 0 aromatic heterocycles. The van der Waals surface area contributed by atoms with Crippen LogP contribution in [0.3, 0.4) is 0 Å². The van der Waals surface area contributed by atoms with Crippen LogP contribution in [-0.2, 0) is 4.79 Å². The minimum atomic E-state index is 0.182. The zero-order valence-corrected chi connectivity index (χ0v) is 16.5. The van der Waals surface area contributed by atoms with Crippen molar-refractivity contribution in [2.24, 2.45) is 23.2 Å². The van der Waals surface area contributed by atoms with Gasteiger partial charge in [-0.3, -0.25) is 4.79 Å². The fraction of sp³-hybridized carbons (Fsp3) is 0.696. The molecule has 0 spiro atoms. The standard InChI is InChI=1S/C23H33NO3/c1-2-26-20-5-7-21(8-6-20)27-9-3-4-22(25)24-16-23-13-17-10-18(14-23)12-19(11-17)15-23/h5-8,17-19H,2-4,9-16H2,1H3,(H,24,25). The van der Waals surface area contributed by atoms with Crippen LogP contribution in [-0.4, -0.2) is 25.7 Å². The molecular formula is C23H33NO3. The normalized spacial score (nSPS) is 30.9. The quantitative estimate of drug-likeness (QED) is 0.647. The number of hydrogen-bond donors (Lipinski definition) is 1. The summed E-state index contributed by atoms with van der Waals surface area (Å²) in [7, 11) is 0. The fourth-order valence-electron chi connectivity index (χ4n) is 6.10. The van der Waals surface area contributed by atoms with Gasteiger partial charge in [-0.1, -0.05) is 0 Å². The molecule has 4 fully saturated rings. The van der Waals surface area contributed by atoms with Crippen LogP contribution >= 0.6 is 0 Å². The first-order valence-electron chi connectivity index (χ1n) is 10.8. The van der Waals surface area contributed by atoms with Gasteiger partial charge >= 0.3 is 0 Å². The monoisotopic (exact) mass is 371 g/mol. The van der Waals surface area contributed by atoms with Crippen LogP contribution in [0.1, 0.15) is 58.3 Å². The topological polar surface area (TPSA) is 47.6 Å². The predicted molar refractivity (Wildman–Crippen MR) is 106 cm³/mol.